The summed E-state index contributed by atoms with van der Waals surface area (Å²) < 4.78 is 4.43. The second kappa shape index (κ2) is 6.66. The molecule has 0 fully saturated rings. The molecular formula is C10H18O3. The summed E-state index contributed by atoms with van der Waals surface area (Å²) in [5, 5.41) is 9.33. The molecule has 0 aliphatic rings. The van der Waals surface area contributed by atoms with Gasteiger partial charge in [-0.25, -0.2) is 0 Å². The van der Waals surface area contributed by atoms with E-state index < -0.39 is 6.10 Å². The van der Waals surface area contributed by atoms with Gasteiger partial charge in [0, 0.05) is 0 Å². The third-order valence-electron chi connectivity index (χ3n) is 1.68. The lowest BCUT2D eigenvalue weighted by Crippen LogP contribution is -2.14. The Balaban J connectivity index is 3.57. The molecule has 13 heavy (non-hydrogen) atoms. The summed E-state index contributed by atoms with van der Waals surface area (Å²) in [6, 6.07) is 0. The van der Waals surface area contributed by atoms with Crippen LogP contribution < -0.4 is 0 Å². The molecule has 0 aromatic carbocycles. The smallest absolute Gasteiger partial charge is 0.308 e. The standard InChI is InChI=1S/C10H18O3/c1-8(2)5-4-6-9(11)7-10(12)13-3/h5,9,11H,4,6-7H2,1-3H3/t9-/m1/s1. The number of carbonyl (C=O) groups excluding carboxylic acids is 1. The highest BCUT2D eigenvalue weighted by Gasteiger charge is 2.09. The Morgan fingerprint density at radius 2 is 2.15 bits per heavy atom. The van der Waals surface area contributed by atoms with Crippen LogP contribution in [0.5, 0.6) is 0 Å². The second-order valence-corrected chi connectivity index (χ2v) is 3.29. The fourth-order valence-corrected chi connectivity index (χ4v) is 0.942. The van der Waals surface area contributed by atoms with Crippen LogP contribution in [0.3, 0.4) is 0 Å². The maximum Gasteiger partial charge on any atom is 0.308 e. The molecule has 0 rings (SSSR count). The Hall–Kier alpha value is -0.830. The van der Waals surface area contributed by atoms with E-state index in [4.69, 9.17) is 0 Å². The summed E-state index contributed by atoms with van der Waals surface area (Å²) in [5.74, 6) is -0.357. The van der Waals surface area contributed by atoms with E-state index in [1.54, 1.807) is 0 Å². The molecule has 0 aliphatic carbocycles. The summed E-state index contributed by atoms with van der Waals surface area (Å²) in [6.07, 6.45) is 2.97. The van der Waals surface area contributed by atoms with Crippen molar-refractivity contribution in [2.75, 3.05) is 7.11 Å². The number of aliphatic hydroxyl groups excluding tert-OH is 1. The molecule has 0 aromatic rings. The van der Waals surface area contributed by atoms with Gasteiger partial charge in [0.2, 0.25) is 0 Å². The lowest BCUT2D eigenvalue weighted by atomic mass is 10.1. The largest absolute Gasteiger partial charge is 0.469 e. The molecule has 0 heterocycles. The van der Waals surface area contributed by atoms with E-state index in [0.29, 0.717) is 6.42 Å². The van der Waals surface area contributed by atoms with Crippen molar-refractivity contribution >= 4 is 5.97 Å². The molecule has 0 radical (unpaired) electrons. The van der Waals surface area contributed by atoms with Crippen LogP contribution in [0.15, 0.2) is 11.6 Å². The third kappa shape index (κ3) is 7.53. The van der Waals surface area contributed by atoms with Gasteiger partial charge in [-0.05, 0) is 26.7 Å². The maximum absolute atomic E-state index is 10.7. The van der Waals surface area contributed by atoms with Crippen molar-refractivity contribution < 1.29 is 14.6 Å². The maximum atomic E-state index is 10.7. The van der Waals surface area contributed by atoms with Crippen LogP contribution in [-0.2, 0) is 9.53 Å². The van der Waals surface area contributed by atoms with Crippen LogP contribution in [0.1, 0.15) is 33.1 Å². The number of allylic oxidation sites excluding steroid dienone is 2. The molecule has 3 nitrogen and oxygen atoms in total. The molecule has 0 saturated heterocycles. The zero-order valence-corrected chi connectivity index (χ0v) is 8.54. The molecule has 76 valence electrons. The van der Waals surface area contributed by atoms with Gasteiger partial charge in [0.05, 0.1) is 19.6 Å². The number of rotatable bonds is 5. The van der Waals surface area contributed by atoms with Crippen molar-refractivity contribution in [3.05, 3.63) is 11.6 Å². The summed E-state index contributed by atoms with van der Waals surface area (Å²) in [6.45, 7) is 4.01. The van der Waals surface area contributed by atoms with Crippen molar-refractivity contribution in [3.63, 3.8) is 0 Å². The molecule has 0 saturated carbocycles. The molecule has 0 aliphatic heterocycles. The molecule has 0 unspecified atom stereocenters. The van der Waals surface area contributed by atoms with E-state index >= 15 is 0 Å². The number of aliphatic hydroxyl groups is 1. The molecule has 0 spiro atoms. The zero-order valence-electron chi connectivity index (χ0n) is 8.54. The van der Waals surface area contributed by atoms with Crippen molar-refractivity contribution in [2.24, 2.45) is 0 Å². The molecule has 3 heteroatoms. The average molecular weight is 186 g/mol. The van der Waals surface area contributed by atoms with Gasteiger partial charge in [0.25, 0.3) is 0 Å². The van der Waals surface area contributed by atoms with E-state index in [2.05, 4.69) is 4.74 Å². The molecule has 0 amide bonds. The van der Waals surface area contributed by atoms with Gasteiger partial charge in [-0.3, -0.25) is 4.79 Å². The zero-order chi connectivity index (χ0) is 10.3. The van der Waals surface area contributed by atoms with Gasteiger partial charge in [-0.15, -0.1) is 0 Å². The summed E-state index contributed by atoms with van der Waals surface area (Å²) >= 11 is 0. The van der Waals surface area contributed by atoms with Crippen LogP contribution in [0.2, 0.25) is 0 Å². The van der Waals surface area contributed by atoms with E-state index in [1.807, 2.05) is 19.9 Å². The van der Waals surface area contributed by atoms with Crippen LogP contribution in [0, 0.1) is 0 Å². The van der Waals surface area contributed by atoms with Gasteiger partial charge in [-0.2, -0.15) is 0 Å². The van der Waals surface area contributed by atoms with Crippen molar-refractivity contribution in [3.8, 4) is 0 Å². The summed E-state index contributed by atoms with van der Waals surface area (Å²) in [4.78, 5) is 10.7. The molecular weight excluding hydrogens is 168 g/mol. The van der Waals surface area contributed by atoms with E-state index in [-0.39, 0.29) is 12.4 Å². The van der Waals surface area contributed by atoms with Crippen LogP contribution in [-0.4, -0.2) is 24.3 Å². The minimum atomic E-state index is -0.581. The number of ether oxygens (including phenoxy) is 1. The van der Waals surface area contributed by atoms with Gasteiger partial charge in [-0.1, -0.05) is 11.6 Å². The molecule has 0 aromatic heterocycles. The first-order valence-corrected chi connectivity index (χ1v) is 4.44. The highest BCUT2D eigenvalue weighted by atomic mass is 16.5. The molecule has 0 bridgehead atoms. The summed E-state index contributed by atoms with van der Waals surface area (Å²) in [5.41, 5.74) is 1.23. The van der Waals surface area contributed by atoms with Gasteiger partial charge in [0.1, 0.15) is 0 Å². The monoisotopic (exact) mass is 186 g/mol. The van der Waals surface area contributed by atoms with Crippen LogP contribution in [0.4, 0.5) is 0 Å². The minimum absolute atomic E-state index is 0.0904. The fourth-order valence-electron chi connectivity index (χ4n) is 0.942. The van der Waals surface area contributed by atoms with E-state index in [1.165, 1.54) is 12.7 Å². The van der Waals surface area contributed by atoms with Gasteiger partial charge < -0.3 is 9.84 Å². The van der Waals surface area contributed by atoms with Crippen LogP contribution in [0.25, 0.3) is 0 Å². The van der Waals surface area contributed by atoms with E-state index in [0.717, 1.165) is 6.42 Å². The lowest BCUT2D eigenvalue weighted by molar-refractivity contribution is -0.142. The number of hydrogen-bond donors (Lipinski definition) is 1. The van der Waals surface area contributed by atoms with Gasteiger partial charge >= 0.3 is 5.97 Å². The average Bonchev–Trinajstić information content (AvgIpc) is 2.03. The Morgan fingerprint density at radius 3 is 2.62 bits per heavy atom. The predicted molar refractivity (Wildman–Crippen MR) is 51.3 cm³/mol. The van der Waals surface area contributed by atoms with Crippen molar-refractivity contribution in [2.45, 2.75) is 39.2 Å². The third-order valence-corrected chi connectivity index (χ3v) is 1.68. The summed E-state index contributed by atoms with van der Waals surface area (Å²) in [7, 11) is 1.32. The second-order valence-electron chi connectivity index (χ2n) is 3.29. The normalized spacial score (nSPS) is 12.0. The van der Waals surface area contributed by atoms with Crippen LogP contribution >= 0.6 is 0 Å². The number of esters is 1. The Kier molecular flexibility index (Phi) is 6.24. The topological polar surface area (TPSA) is 46.5 Å². The molecule has 1 N–H and O–H groups in total. The highest BCUT2D eigenvalue weighted by molar-refractivity contribution is 5.69. The Morgan fingerprint density at radius 1 is 1.54 bits per heavy atom. The minimum Gasteiger partial charge on any atom is -0.469 e. The molecule has 1 atom stereocenters. The van der Waals surface area contributed by atoms with E-state index in [9.17, 15) is 9.90 Å². The Bertz CT molecular complexity index is 181. The van der Waals surface area contributed by atoms with Gasteiger partial charge in [0.15, 0.2) is 0 Å². The number of carbonyl (C=O) groups is 1. The Labute approximate surface area is 79.4 Å². The highest BCUT2D eigenvalue weighted by Crippen LogP contribution is 2.05. The first-order valence-electron chi connectivity index (χ1n) is 4.44. The predicted octanol–water partition coefficient (Wildman–Crippen LogP) is 1.66. The SMILES string of the molecule is COC(=O)C[C@H](O)CCC=C(C)C. The first-order chi connectivity index (χ1) is 6.06. The quantitative estimate of drug-likeness (QED) is 0.524. The van der Waals surface area contributed by atoms with Crippen molar-refractivity contribution in [1.29, 1.82) is 0 Å². The number of methoxy groups -OCH3 is 1. The lowest BCUT2D eigenvalue weighted by Gasteiger charge is -2.06. The first kappa shape index (κ1) is 12.2. The fraction of sp³-hybridized carbons (Fsp3) is 0.700. The number of hydrogen-bond acceptors (Lipinski definition) is 3. The van der Waals surface area contributed by atoms with Crippen molar-refractivity contribution in [1.82, 2.24) is 0 Å².